The Balaban J connectivity index is 1.74. The number of likely N-dealkylation sites (tertiary alicyclic amines) is 1. The van der Waals surface area contributed by atoms with Crippen LogP contribution in [0, 0.1) is 6.92 Å². The fourth-order valence-corrected chi connectivity index (χ4v) is 3.08. The molecule has 0 spiro atoms. The third-order valence-corrected chi connectivity index (χ3v) is 4.47. The lowest BCUT2D eigenvalue weighted by Crippen LogP contribution is -2.43. The Morgan fingerprint density at radius 3 is 2.48 bits per heavy atom. The quantitative estimate of drug-likeness (QED) is 0.860. The third kappa shape index (κ3) is 3.16. The van der Waals surface area contributed by atoms with Crippen LogP contribution in [0.3, 0.4) is 0 Å². The van der Waals surface area contributed by atoms with E-state index in [9.17, 15) is 0 Å². The molecule has 1 aliphatic rings. The van der Waals surface area contributed by atoms with E-state index in [1.165, 1.54) is 24.8 Å². The minimum Gasteiger partial charge on any atom is -0.338 e. The van der Waals surface area contributed by atoms with Gasteiger partial charge in [-0.1, -0.05) is 41.4 Å². The molecule has 1 aromatic carbocycles. The fourth-order valence-electron chi connectivity index (χ4n) is 3.08. The highest BCUT2D eigenvalue weighted by Crippen LogP contribution is 2.25. The van der Waals surface area contributed by atoms with E-state index in [4.69, 9.17) is 4.52 Å². The van der Waals surface area contributed by atoms with E-state index in [0.29, 0.717) is 23.8 Å². The maximum atomic E-state index is 5.45. The maximum absolute atomic E-state index is 5.45. The highest BCUT2D eigenvalue weighted by atomic mass is 16.5. The molecule has 21 heavy (non-hydrogen) atoms. The summed E-state index contributed by atoms with van der Waals surface area (Å²) in [5.41, 5.74) is 2.24. The molecule has 4 nitrogen and oxygen atoms in total. The standard InChI is InChI=1S/C17H23N3O/c1-12-7-9-15(10-8-12)17-18-16(21-19-17)11-20-13(2)5-4-6-14(20)3/h7-10,13-14H,4-6,11H2,1-3H3/t13-,14+. The second kappa shape index (κ2) is 5.98. The highest BCUT2D eigenvalue weighted by molar-refractivity contribution is 5.54. The van der Waals surface area contributed by atoms with Crippen molar-refractivity contribution in [3.63, 3.8) is 0 Å². The largest absolute Gasteiger partial charge is 0.338 e. The van der Waals surface area contributed by atoms with Crippen molar-refractivity contribution >= 4 is 0 Å². The van der Waals surface area contributed by atoms with E-state index in [0.717, 1.165) is 12.1 Å². The molecule has 3 rings (SSSR count). The van der Waals surface area contributed by atoms with Gasteiger partial charge in [0.05, 0.1) is 6.54 Å². The van der Waals surface area contributed by atoms with E-state index in [1.807, 2.05) is 12.1 Å². The number of hydrogen-bond donors (Lipinski definition) is 0. The first-order valence-electron chi connectivity index (χ1n) is 7.79. The highest BCUT2D eigenvalue weighted by Gasteiger charge is 2.26. The van der Waals surface area contributed by atoms with Crippen molar-refractivity contribution in [3.8, 4) is 11.4 Å². The van der Waals surface area contributed by atoms with Crippen LogP contribution in [0.15, 0.2) is 28.8 Å². The monoisotopic (exact) mass is 285 g/mol. The first kappa shape index (κ1) is 14.3. The van der Waals surface area contributed by atoms with Gasteiger partial charge in [-0.2, -0.15) is 4.98 Å². The van der Waals surface area contributed by atoms with Gasteiger partial charge in [-0.05, 0) is 33.6 Å². The Labute approximate surface area is 126 Å². The molecule has 4 heteroatoms. The molecule has 1 aliphatic heterocycles. The molecular weight excluding hydrogens is 262 g/mol. The zero-order valence-electron chi connectivity index (χ0n) is 13.0. The number of nitrogens with zero attached hydrogens (tertiary/aromatic N) is 3. The zero-order chi connectivity index (χ0) is 14.8. The summed E-state index contributed by atoms with van der Waals surface area (Å²) < 4.78 is 5.45. The average molecular weight is 285 g/mol. The van der Waals surface area contributed by atoms with Crippen LogP contribution in [-0.2, 0) is 6.54 Å². The van der Waals surface area contributed by atoms with Gasteiger partial charge in [-0.25, -0.2) is 0 Å². The molecule has 112 valence electrons. The number of aromatic nitrogens is 2. The minimum atomic E-state index is 0.587. The summed E-state index contributed by atoms with van der Waals surface area (Å²) in [7, 11) is 0. The maximum Gasteiger partial charge on any atom is 0.241 e. The Kier molecular flexibility index (Phi) is 4.06. The van der Waals surface area contributed by atoms with Gasteiger partial charge in [0.2, 0.25) is 11.7 Å². The van der Waals surface area contributed by atoms with E-state index < -0.39 is 0 Å². The Morgan fingerprint density at radius 2 is 1.81 bits per heavy atom. The Hall–Kier alpha value is -1.68. The average Bonchev–Trinajstić information content (AvgIpc) is 2.92. The van der Waals surface area contributed by atoms with Gasteiger partial charge in [0.15, 0.2) is 0 Å². The predicted octanol–water partition coefficient (Wildman–Crippen LogP) is 3.81. The number of piperidine rings is 1. The summed E-state index contributed by atoms with van der Waals surface area (Å²) >= 11 is 0. The van der Waals surface area contributed by atoms with Crippen molar-refractivity contribution in [1.82, 2.24) is 15.0 Å². The molecule has 0 amide bonds. The summed E-state index contributed by atoms with van der Waals surface area (Å²) in [4.78, 5) is 7.02. The molecule has 0 saturated carbocycles. The fraction of sp³-hybridized carbons (Fsp3) is 0.529. The summed E-state index contributed by atoms with van der Waals surface area (Å²) in [6.45, 7) is 7.39. The molecule has 2 atom stereocenters. The molecule has 1 fully saturated rings. The molecule has 0 bridgehead atoms. The summed E-state index contributed by atoms with van der Waals surface area (Å²) in [5.74, 6) is 1.40. The SMILES string of the molecule is Cc1ccc(-c2noc(CN3[C@H](C)CCC[C@@H]3C)n2)cc1. The van der Waals surface area contributed by atoms with Crippen molar-refractivity contribution in [2.75, 3.05) is 0 Å². The second-order valence-electron chi connectivity index (χ2n) is 6.18. The summed E-state index contributed by atoms with van der Waals surface area (Å²) in [5, 5.41) is 4.12. The van der Waals surface area contributed by atoms with Gasteiger partial charge in [0, 0.05) is 17.6 Å². The topological polar surface area (TPSA) is 42.2 Å². The van der Waals surface area contributed by atoms with Gasteiger partial charge in [-0.3, -0.25) is 4.90 Å². The van der Waals surface area contributed by atoms with Crippen LogP contribution in [0.25, 0.3) is 11.4 Å². The lowest BCUT2D eigenvalue weighted by molar-refractivity contribution is 0.0825. The van der Waals surface area contributed by atoms with Crippen molar-refractivity contribution in [2.45, 2.75) is 58.7 Å². The van der Waals surface area contributed by atoms with Crippen LogP contribution in [0.4, 0.5) is 0 Å². The van der Waals surface area contributed by atoms with E-state index in [1.54, 1.807) is 0 Å². The van der Waals surface area contributed by atoms with Crippen LogP contribution in [0.5, 0.6) is 0 Å². The minimum absolute atomic E-state index is 0.587. The van der Waals surface area contributed by atoms with Gasteiger partial charge in [0.1, 0.15) is 0 Å². The van der Waals surface area contributed by atoms with E-state index in [-0.39, 0.29) is 0 Å². The number of rotatable bonds is 3. The van der Waals surface area contributed by atoms with Crippen LogP contribution < -0.4 is 0 Å². The lowest BCUT2D eigenvalue weighted by Gasteiger charge is -2.37. The smallest absolute Gasteiger partial charge is 0.241 e. The molecule has 0 N–H and O–H groups in total. The third-order valence-electron chi connectivity index (χ3n) is 4.47. The molecule has 0 aliphatic carbocycles. The first-order valence-corrected chi connectivity index (χ1v) is 7.79. The molecule has 2 aromatic rings. The lowest BCUT2D eigenvalue weighted by atomic mass is 9.98. The number of benzene rings is 1. The van der Waals surface area contributed by atoms with Crippen LogP contribution in [0.2, 0.25) is 0 Å². The van der Waals surface area contributed by atoms with Gasteiger partial charge >= 0.3 is 0 Å². The van der Waals surface area contributed by atoms with Crippen molar-refractivity contribution in [3.05, 3.63) is 35.7 Å². The number of aryl methyl sites for hydroxylation is 1. The van der Waals surface area contributed by atoms with E-state index >= 15 is 0 Å². The van der Waals surface area contributed by atoms with Crippen LogP contribution >= 0.6 is 0 Å². The Morgan fingerprint density at radius 1 is 1.14 bits per heavy atom. The van der Waals surface area contributed by atoms with E-state index in [2.05, 4.69) is 47.9 Å². The molecule has 1 saturated heterocycles. The second-order valence-corrected chi connectivity index (χ2v) is 6.18. The van der Waals surface area contributed by atoms with Crippen molar-refractivity contribution in [2.24, 2.45) is 0 Å². The zero-order valence-corrected chi connectivity index (χ0v) is 13.0. The van der Waals surface area contributed by atoms with Crippen molar-refractivity contribution in [1.29, 1.82) is 0 Å². The molecule has 1 aromatic heterocycles. The van der Waals surface area contributed by atoms with Crippen LogP contribution in [0.1, 0.15) is 44.6 Å². The van der Waals surface area contributed by atoms with Gasteiger partial charge < -0.3 is 4.52 Å². The van der Waals surface area contributed by atoms with Crippen molar-refractivity contribution < 1.29 is 4.52 Å². The molecule has 0 unspecified atom stereocenters. The molecule has 2 heterocycles. The summed E-state index contributed by atoms with van der Waals surface area (Å²) in [6.07, 6.45) is 3.82. The predicted molar refractivity (Wildman–Crippen MR) is 82.8 cm³/mol. The van der Waals surface area contributed by atoms with Crippen LogP contribution in [-0.4, -0.2) is 27.1 Å². The normalized spacial score (nSPS) is 23.4. The molecular formula is C17H23N3O. The van der Waals surface area contributed by atoms with Gasteiger partial charge in [-0.15, -0.1) is 0 Å². The Bertz CT molecular complexity index is 580. The molecule has 0 radical (unpaired) electrons. The first-order chi connectivity index (χ1) is 10.1. The van der Waals surface area contributed by atoms with Gasteiger partial charge in [0.25, 0.3) is 0 Å². The number of hydrogen-bond acceptors (Lipinski definition) is 4. The summed E-state index contributed by atoms with van der Waals surface area (Å²) in [6, 6.07) is 9.39.